The van der Waals surface area contributed by atoms with Crippen molar-refractivity contribution in [2.45, 2.75) is 37.7 Å². The molecule has 0 aliphatic carbocycles. The first kappa shape index (κ1) is 11.8. The highest BCUT2D eigenvalue weighted by Crippen LogP contribution is 2.28. The highest BCUT2D eigenvalue weighted by Gasteiger charge is 2.39. The molecule has 0 saturated carbocycles. The molecule has 0 amide bonds. The maximum absolute atomic E-state index is 5.76. The molecule has 2 saturated heterocycles. The van der Waals surface area contributed by atoms with Crippen molar-refractivity contribution < 1.29 is 13.3 Å². The van der Waals surface area contributed by atoms with Crippen LogP contribution in [-0.2, 0) is 13.3 Å². The number of methoxy groups -OCH3 is 1. The van der Waals surface area contributed by atoms with Gasteiger partial charge in [-0.2, -0.15) is 0 Å². The Bertz CT molecular complexity index is 199. The molecule has 2 fully saturated rings. The molecular weight excluding hydrogens is 262 g/mol. The fourth-order valence-corrected chi connectivity index (χ4v) is 2.80. The van der Waals surface area contributed by atoms with Gasteiger partial charge in [0.25, 0.3) is 0 Å². The van der Waals surface area contributed by atoms with Crippen LogP contribution < -0.4 is 0 Å². The van der Waals surface area contributed by atoms with Crippen molar-refractivity contribution in [1.29, 1.82) is 0 Å². The fourth-order valence-electron chi connectivity index (χ4n) is 2.50. The van der Waals surface area contributed by atoms with Crippen molar-refractivity contribution in [1.82, 2.24) is 4.90 Å². The second kappa shape index (κ2) is 5.59. The summed E-state index contributed by atoms with van der Waals surface area (Å²) in [4.78, 5) is 2.47. The molecule has 2 aliphatic rings. The third kappa shape index (κ3) is 2.71. The number of rotatable bonds is 4. The molecule has 4 nitrogen and oxygen atoms in total. The summed E-state index contributed by atoms with van der Waals surface area (Å²) in [6.07, 6.45) is 3.67. The largest absolute Gasteiger partial charge is 0.354 e. The molecule has 15 heavy (non-hydrogen) atoms. The number of hydrogen-bond donors (Lipinski definition) is 0. The average molecular weight is 280 g/mol. The van der Waals surface area contributed by atoms with E-state index in [9.17, 15) is 0 Å². The van der Waals surface area contributed by atoms with Gasteiger partial charge in [0.2, 0.25) is 0 Å². The van der Waals surface area contributed by atoms with E-state index >= 15 is 0 Å². The Hall–Kier alpha value is 0.320. The monoisotopic (exact) mass is 279 g/mol. The molecule has 0 bridgehead atoms. The van der Waals surface area contributed by atoms with E-state index in [1.807, 2.05) is 0 Å². The molecule has 0 N–H and O–H groups in total. The SMILES string of the molecule is CO[C@@H]1O[C@H](COBr)C[C@H]1N1CCCC1. The minimum atomic E-state index is -0.0873. The Labute approximate surface area is 99.3 Å². The fraction of sp³-hybridized carbons (Fsp3) is 1.00. The van der Waals surface area contributed by atoms with Crippen molar-refractivity contribution in [3.63, 3.8) is 0 Å². The molecule has 0 aromatic rings. The number of ether oxygens (including phenoxy) is 2. The van der Waals surface area contributed by atoms with Crippen molar-refractivity contribution in [3.05, 3.63) is 0 Å². The van der Waals surface area contributed by atoms with Gasteiger partial charge in [-0.25, -0.2) is 0 Å². The normalized spacial score (nSPS) is 37.6. The lowest BCUT2D eigenvalue weighted by Crippen LogP contribution is -2.39. The molecule has 2 rings (SSSR count). The molecule has 2 heterocycles. The van der Waals surface area contributed by atoms with Crippen LogP contribution in [0.1, 0.15) is 19.3 Å². The van der Waals surface area contributed by atoms with Crippen LogP contribution in [0, 0.1) is 0 Å². The van der Waals surface area contributed by atoms with E-state index in [1.54, 1.807) is 7.11 Å². The lowest BCUT2D eigenvalue weighted by Gasteiger charge is -2.26. The number of likely N-dealkylation sites (tertiary alicyclic amines) is 1. The summed E-state index contributed by atoms with van der Waals surface area (Å²) >= 11 is 2.97. The van der Waals surface area contributed by atoms with E-state index in [1.165, 1.54) is 25.9 Å². The number of halogens is 1. The first-order valence-corrected chi connectivity index (χ1v) is 6.15. The summed E-state index contributed by atoms with van der Waals surface area (Å²) < 4.78 is 16.1. The van der Waals surface area contributed by atoms with Crippen LogP contribution >= 0.6 is 16.3 Å². The number of nitrogens with zero attached hydrogens (tertiary/aromatic N) is 1. The molecule has 0 aromatic carbocycles. The second-order valence-corrected chi connectivity index (χ2v) is 4.64. The van der Waals surface area contributed by atoms with Gasteiger partial charge in [0.05, 0.1) is 35.0 Å². The van der Waals surface area contributed by atoms with Crippen molar-refractivity contribution in [2.75, 3.05) is 26.8 Å². The maximum atomic E-state index is 5.76. The van der Waals surface area contributed by atoms with Crippen LogP contribution in [-0.4, -0.2) is 50.1 Å². The zero-order chi connectivity index (χ0) is 10.7. The smallest absolute Gasteiger partial charge is 0.173 e. The molecule has 5 heteroatoms. The van der Waals surface area contributed by atoms with Gasteiger partial charge in [-0.05, 0) is 32.4 Å². The van der Waals surface area contributed by atoms with Crippen LogP contribution in [0.5, 0.6) is 0 Å². The minimum absolute atomic E-state index is 0.0873. The van der Waals surface area contributed by atoms with Gasteiger partial charge in [0.1, 0.15) is 0 Å². The zero-order valence-electron chi connectivity index (χ0n) is 9.02. The lowest BCUT2D eigenvalue weighted by atomic mass is 10.1. The Morgan fingerprint density at radius 2 is 2.13 bits per heavy atom. The topological polar surface area (TPSA) is 30.9 Å². The summed E-state index contributed by atoms with van der Waals surface area (Å²) in [5.74, 6) is 0. The van der Waals surface area contributed by atoms with Crippen molar-refractivity contribution in [3.8, 4) is 0 Å². The molecule has 2 aliphatic heterocycles. The Morgan fingerprint density at radius 1 is 1.40 bits per heavy atom. The summed E-state index contributed by atoms with van der Waals surface area (Å²) in [6.45, 7) is 2.94. The van der Waals surface area contributed by atoms with E-state index < -0.39 is 0 Å². The van der Waals surface area contributed by atoms with Crippen molar-refractivity contribution >= 4 is 16.3 Å². The molecule has 0 unspecified atom stereocenters. The summed E-state index contributed by atoms with van der Waals surface area (Å²) in [5.41, 5.74) is 0. The van der Waals surface area contributed by atoms with Crippen LogP contribution in [0.25, 0.3) is 0 Å². The van der Waals surface area contributed by atoms with E-state index in [0.717, 1.165) is 6.42 Å². The van der Waals surface area contributed by atoms with E-state index in [0.29, 0.717) is 12.6 Å². The lowest BCUT2D eigenvalue weighted by molar-refractivity contribution is -0.139. The third-order valence-corrected chi connectivity index (χ3v) is 3.50. The highest BCUT2D eigenvalue weighted by molar-refractivity contribution is 9.06. The van der Waals surface area contributed by atoms with Crippen molar-refractivity contribution in [2.24, 2.45) is 0 Å². The van der Waals surface area contributed by atoms with Crippen LogP contribution in [0.2, 0.25) is 0 Å². The van der Waals surface area contributed by atoms with Gasteiger partial charge < -0.3 is 13.3 Å². The molecular formula is C10H18BrNO3. The average Bonchev–Trinajstić information content (AvgIpc) is 2.84. The maximum Gasteiger partial charge on any atom is 0.173 e. The van der Waals surface area contributed by atoms with E-state index in [2.05, 4.69) is 21.2 Å². The van der Waals surface area contributed by atoms with E-state index in [-0.39, 0.29) is 12.4 Å². The van der Waals surface area contributed by atoms with Crippen LogP contribution in [0.3, 0.4) is 0 Å². The van der Waals surface area contributed by atoms with Gasteiger partial charge in [-0.1, -0.05) is 0 Å². The van der Waals surface area contributed by atoms with Gasteiger partial charge in [-0.3, -0.25) is 4.90 Å². The molecule has 0 aromatic heterocycles. The molecule has 88 valence electrons. The standard InChI is InChI=1S/C10H18BrNO3/c1-13-10-9(12-4-2-3-5-12)6-8(15-10)7-14-11/h8-10H,2-7H2,1H3/t8-,9+,10+/m0/s1. The first-order valence-electron chi connectivity index (χ1n) is 5.51. The first-order chi connectivity index (χ1) is 7.35. The summed E-state index contributed by atoms with van der Waals surface area (Å²) in [7, 11) is 1.71. The quantitative estimate of drug-likeness (QED) is 0.781. The Morgan fingerprint density at radius 3 is 2.73 bits per heavy atom. The molecule has 0 radical (unpaired) electrons. The van der Waals surface area contributed by atoms with Crippen LogP contribution in [0.15, 0.2) is 0 Å². The predicted octanol–water partition coefficient (Wildman–Crippen LogP) is 1.54. The second-order valence-electron chi connectivity index (χ2n) is 4.18. The minimum Gasteiger partial charge on any atom is -0.354 e. The molecule has 0 spiro atoms. The van der Waals surface area contributed by atoms with Crippen LogP contribution in [0.4, 0.5) is 0 Å². The predicted molar refractivity (Wildman–Crippen MR) is 59.8 cm³/mol. The highest BCUT2D eigenvalue weighted by atomic mass is 79.9. The van der Waals surface area contributed by atoms with Gasteiger partial charge in [-0.15, -0.1) is 0 Å². The number of hydrogen-bond acceptors (Lipinski definition) is 4. The Balaban J connectivity index is 1.91. The van der Waals surface area contributed by atoms with Gasteiger partial charge in [0.15, 0.2) is 6.29 Å². The third-order valence-electron chi connectivity index (χ3n) is 3.24. The summed E-state index contributed by atoms with van der Waals surface area (Å²) in [5, 5.41) is 0. The molecule has 3 atom stereocenters. The van der Waals surface area contributed by atoms with Gasteiger partial charge >= 0.3 is 0 Å². The van der Waals surface area contributed by atoms with Gasteiger partial charge in [0, 0.05) is 7.11 Å². The zero-order valence-corrected chi connectivity index (χ0v) is 10.6. The van der Waals surface area contributed by atoms with E-state index in [4.69, 9.17) is 13.3 Å². The summed E-state index contributed by atoms with van der Waals surface area (Å²) in [6, 6.07) is 0.408. The Kier molecular flexibility index (Phi) is 4.40.